The average molecular weight is 522 g/mol. The Labute approximate surface area is 185 Å². The van der Waals surface area contributed by atoms with Gasteiger partial charge in [-0.1, -0.05) is 18.1 Å². The van der Waals surface area contributed by atoms with Gasteiger partial charge in [-0.25, -0.2) is 0 Å². The van der Waals surface area contributed by atoms with E-state index in [0.717, 1.165) is 11.4 Å². The minimum Gasteiger partial charge on any atom is -0.490 e. The number of imide groups is 1. The molecule has 3 aliphatic rings. The predicted octanol–water partition coefficient (Wildman–Crippen LogP) is 3.76. The number of allylic oxidation sites excluding steroid dienone is 2. The molecule has 2 bridgehead atoms. The van der Waals surface area contributed by atoms with E-state index in [2.05, 4.69) is 55.0 Å². The van der Waals surface area contributed by atoms with Gasteiger partial charge in [0.05, 0.1) is 29.1 Å². The van der Waals surface area contributed by atoms with Gasteiger partial charge in [0.2, 0.25) is 0 Å². The molecule has 1 saturated heterocycles. The zero-order valence-electron chi connectivity index (χ0n) is 15.6. The summed E-state index contributed by atoms with van der Waals surface area (Å²) in [5, 5.41) is 5.25. The number of hydrogen-bond donors (Lipinski definition) is 0. The zero-order valence-corrected chi connectivity index (χ0v) is 18.8. The fourth-order valence-electron chi connectivity index (χ4n) is 4.33. The highest BCUT2D eigenvalue weighted by atomic mass is 79.9. The van der Waals surface area contributed by atoms with Crippen LogP contribution >= 0.6 is 31.9 Å². The largest absolute Gasteiger partial charge is 0.490 e. The van der Waals surface area contributed by atoms with Gasteiger partial charge in [0.1, 0.15) is 6.61 Å². The second-order valence-corrected chi connectivity index (χ2v) is 8.67. The lowest BCUT2D eigenvalue weighted by Crippen LogP contribution is -2.28. The van der Waals surface area contributed by atoms with Crippen LogP contribution in [0.3, 0.4) is 0 Å². The van der Waals surface area contributed by atoms with Crippen molar-refractivity contribution in [2.24, 2.45) is 28.8 Å². The number of halogens is 2. The van der Waals surface area contributed by atoms with E-state index in [1.54, 1.807) is 6.07 Å². The van der Waals surface area contributed by atoms with Crippen molar-refractivity contribution in [3.8, 4) is 23.8 Å². The molecule has 4 rings (SSSR count). The summed E-state index contributed by atoms with van der Waals surface area (Å²) in [5.74, 6) is 2.69. The summed E-state index contributed by atoms with van der Waals surface area (Å²) < 4.78 is 12.5. The van der Waals surface area contributed by atoms with Gasteiger partial charge in [0, 0.05) is 10.0 Å². The van der Waals surface area contributed by atoms with Crippen molar-refractivity contribution < 1.29 is 19.1 Å². The number of carbonyl (C=O) groups is 2. The SMILES string of the molecule is C#CCOc1c(OCC)cc(C=NN2C(=O)[C@@H]3[C@H](C2=O)[C@H]2C=C[C@H]3C2)c(Br)c1Br. The van der Waals surface area contributed by atoms with Gasteiger partial charge < -0.3 is 9.47 Å². The first kappa shape index (κ1) is 20.2. The van der Waals surface area contributed by atoms with E-state index in [4.69, 9.17) is 15.9 Å². The summed E-state index contributed by atoms with van der Waals surface area (Å²) in [6, 6.07) is 1.73. The minimum absolute atomic E-state index is 0.0917. The number of carbonyl (C=O) groups excluding carboxylic acids is 2. The molecule has 2 amide bonds. The maximum absolute atomic E-state index is 12.8. The fraction of sp³-hybridized carbons (Fsp3) is 0.381. The van der Waals surface area contributed by atoms with Crippen LogP contribution < -0.4 is 9.47 Å². The van der Waals surface area contributed by atoms with Crippen molar-refractivity contribution in [1.82, 2.24) is 5.01 Å². The topological polar surface area (TPSA) is 68.2 Å². The normalized spacial score (nSPS) is 27.0. The summed E-state index contributed by atoms with van der Waals surface area (Å²) in [6.07, 6.45) is 11.8. The Hall–Kier alpha value is -2.11. The predicted molar refractivity (Wildman–Crippen MR) is 115 cm³/mol. The van der Waals surface area contributed by atoms with E-state index in [-0.39, 0.29) is 42.1 Å². The number of hydrogen-bond acceptors (Lipinski definition) is 5. The smallest absolute Gasteiger partial charge is 0.254 e. The first-order valence-corrected chi connectivity index (χ1v) is 10.9. The second-order valence-electron chi connectivity index (χ2n) is 7.08. The standard InChI is InChI=1S/C21H18Br2N2O4/c1-3-7-29-19-14(28-4-2)9-13(17(22)18(19)23)10-24-25-20(26)15-11-5-6-12(8-11)16(15)21(25)27/h1,5-6,9-12,15-16H,4,7-8H2,2H3/t11-,12-,15-,16+/m0/s1. The minimum atomic E-state index is -0.275. The fourth-order valence-corrected chi connectivity index (χ4v) is 5.27. The van der Waals surface area contributed by atoms with E-state index in [0.29, 0.717) is 32.6 Å². The molecule has 1 aliphatic heterocycles. The summed E-state index contributed by atoms with van der Waals surface area (Å²) in [7, 11) is 0. The molecule has 2 fully saturated rings. The summed E-state index contributed by atoms with van der Waals surface area (Å²) >= 11 is 6.99. The first-order chi connectivity index (χ1) is 14.0. The third kappa shape index (κ3) is 3.30. The van der Waals surface area contributed by atoms with Crippen molar-refractivity contribution in [3.63, 3.8) is 0 Å². The monoisotopic (exact) mass is 520 g/mol. The van der Waals surface area contributed by atoms with Crippen molar-refractivity contribution in [1.29, 1.82) is 0 Å². The van der Waals surface area contributed by atoms with Crippen molar-refractivity contribution in [2.75, 3.05) is 13.2 Å². The molecule has 0 aromatic heterocycles. The van der Waals surface area contributed by atoms with Crippen LogP contribution in [0.5, 0.6) is 11.5 Å². The Morgan fingerprint density at radius 2 is 1.86 bits per heavy atom. The summed E-state index contributed by atoms with van der Waals surface area (Å²) in [4.78, 5) is 25.6. The molecule has 1 saturated carbocycles. The van der Waals surface area contributed by atoms with Gasteiger partial charge >= 0.3 is 0 Å². The maximum atomic E-state index is 12.8. The molecule has 6 nitrogen and oxygen atoms in total. The Morgan fingerprint density at radius 3 is 2.45 bits per heavy atom. The number of benzene rings is 1. The highest BCUT2D eigenvalue weighted by molar-refractivity contribution is 9.13. The lowest BCUT2D eigenvalue weighted by atomic mass is 9.85. The third-order valence-corrected chi connectivity index (χ3v) is 7.66. The third-order valence-electron chi connectivity index (χ3n) is 5.51. The van der Waals surface area contributed by atoms with E-state index in [1.165, 1.54) is 6.21 Å². The molecule has 1 aromatic carbocycles. The molecule has 0 spiro atoms. The lowest BCUT2D eigenvalue weighted by molar-refractivity contribution is -0.140. The molecule has 150 valence electrons. The molecule has 2 aliphatic carbocycles. The van der Waals surface area contributed by atoms with Gasteiger partial charge in [-0.15, -0.1) is 6.42 Å². The van der Waals surface area contributed by atoms with Gasteiger partial charge in [0.25, 0.3) is 11.8 Å². The zero-order chi connectivity index (χ0) is 20.7. The van der Waals surface area contributed by atoms with Crippen LogP contribution in [0.25, 0.3) is 0 Å². The second kappa shape index (κ2) is 7.96. The highest BCUT2D eigenvalue weighted by Gasteiger charge is 2.59. The molecule has 0 radical (unpaired) electrons. The Balaban J connectivity index is 1.62. The molecule has 1 aromatic rings. The van der Waals surface area contributed by atoms with E-state index in [9.17, 15) is 9.59 Å². The van der Waals surface area contributed by atoms with Crippen LogP contribution in [0, 0.1) is 36.0 Å². The van der Waals surface area contributed by atoms with Crippen LogP contribution in [0.4, 0.5) is 0 Å². The quantitative estimate of drug-likeness (QED) is 0.247. The van der Waals surface area contributed by atoms with Crippen LogP contribution in [0.2, 0.25) is 0 Å². The van der Waals surface area contributed by atoms with Crippen molar-refractivity contribution in [2.45, 2.75) is 13.3 Å². The van der Waals surface area contributed by atoms with Gasteiger partial charge in [-0.3, -0.25) is 9.59 Å². The van der Waals surface area contributed by atoms with E-state index < -0.39 is 0 Å². The number of rotatable bonds is 6. The van der Waals surface area contributed by atoms with E-state index >= 15 is 0 Å². The van der Waals surface area contributed by atoms with Gasteiger partial charge in [-0.05, 0) is 63.1 Å². The van der Waals surface area contributed by atoms with Gasteiger partial charge in [-0.2, -0.15) is 10.1 Å². The molecule has 4 atom stereocenters. The van der Waals surface area contributed by atoms with Crippen molar-refractivity contribution in [3.05, 3.63) is 32.7 Å². The summed E-state index contributed by atoms with van der Waals surface area (Å²) in [5.41, 5.74) is 0.632. The molecule has 0 N–H and O–H groups in total. The highest BCUT2D eigenvalue weighted by Crippen LogP contribution is 2.52. The maximum Gasteiger partial charge on any atom is 0.254 e. The van der Waals surface area contributed by atoms with E-state index in [1.807, 2.05) is 6.92 Å². The lowest BCUT2D eigenvalue weighted by Gasteiger charge is -2.15. The summed E-state index contributed by atoms with van der Waals surface area (Å²) in [6.45, 7) is 2.38. The van der Waals surface area contributed by atoms with Crippen molar-refractivity contribution >= 4 is 49.9 Å². The van der Waals surface area contributed by atoms with Crippen LogP contribution in [0.15, 0.2) is 32.3 Å². The van der Waals surface area contributed by atoms with Crippen LogP contribution in [-0.2, 0) is 9.59 Å². The Kier molecular flexibility index (Phi) is 5.54. The molecule has 29 heavy (non-hydrogen) atoms. The number of ether oxygens (including phenoxy) is 2. The molecule has 1 heterocycles. The number of terminal acetylenes is 1. The molecular weight excluding hydrogens is 504 g/mol. The van der Waals surface area contributed by atoms with Crippen LogP contribution in [0.1, 0.15) is 18.9 Å². The van der Waals surface area contributed by atoms with Crippen LogP contribution in [-0.4, -0.2) is 36.3 Å². The number of amides is 2. The number of nitrogens with zero attached hydrogens (tertiary/aromatic N) is 2. The molecule has 8 heteroatoms. The first-order valence-electron chi connectivity index (χ1n) is 9.29. The number of hydrazone groups is 1. The Morgan fingerprint density at radius 1 is 1.21 bits per heavy atom. The average Bonchev–Trinajstić information content (AvgIpc) is 3.38. The Bertz CT molecular complexity index is 952. The van der Waals surface area contributed by atoms with Gasteiger partial charge in [0.15, 0.2) is 11.5 Å². The molecular formula is C21H18Br2N2O4. The number of fused-ring (bicyclic) bond motifs is 5. The molecule has 0 unspecified atom stereocenters.